The van der Waals surface area contributed by atoms with Crippen LogP contribution in [-0.4, -0.2) is 25.1 Å². The lowest BCUT2D eigenvalue weighted by molar-refractivity contribution is 0.205. The molecular formula is C3H11N5O. The van der Waals surface area contributed by atoms with Gasteiger partial charge in [0.1, 0.15) is 0 Å². The molecule has 0 aromatic carbocycles. The van der Waals surface area contributed by atoms with Gasteiger partial charge in [0.15, 0.2) is 0 Å². The highest BCUT2D eigenvalue weighted by atomic mass is 16.2. The average Bonchev–Trinajstić information content (AvgIpc) is 1.83. The summed E-state index contributed by atoms with van der Waals surface area (Å²) in [5.74, 6) is 4.74. The summed E-state index contributed by atoms with van der Waals surface area (Å²) < 4.78 is 0. The fraction of sp³-hybridized carbons (Fsp3) is 0.667. The van der Waals surface area contributed by atoms with Gasteiger partial charge in [-0.05, 0) is 0 Å². The highest BCUT2D eigenvalue weighted by Crippen LogP contribution is 1.56. The Labute approximate surface area is 53.3 Å². The molecule has 5 N–H and O–H groups in total. The van der Waals surface area contributed by atoms with Crippen LogP contribution < -0.4 is 22.2 Å². The van der Waals surface area contributed by atoms with Crippen LogP contribution in [0.25, 0.3) is 0 Å². The summed E-state index contributed by atoms with van der Waals surface area (Å²) in [5, 5.41) is 1.56. The Morgan fingerprint density at radius 2 is 2.11 bits per heavy atom. The lowest BCUT2D eigenvalue weighted by Gasteiger charge is -2.11. The van der Waals surface area contributed by atoms with E-state index in [9.17, 15) is 4.79 Å². The van der Waals surface area contributed by atoms with E-state index in [0.29, 0.717) is 0 Å². The van der Waals surface area contributed by atoms with Crippen molar-refractivity contribution in [3.63, 3.8) is 0 Å². The number of carbonyl (C=O) groups excluding carboxylic acids is 1. The molecule has 0 fully saturated rings. The zero-order chi connectivity index (χ0) is 7.28. The number of rotatable bonds is 2. The van der Waals surface area contributed by atoms with Crippen molar-refractivity contribution in [2.45, 2.75) is 0 Å². The average molecular weight is 133 g/mol. The Hall–Kier alpha value is -0.850. The smallest absolute Gasteiger partial charge is 0.275 e. The fourth-order valence-corrected chi connectivity index (χ4v) is 0.199. The summed E-state index contributed by atoms with van der Waals surface area (Å²) in [6.07, 6.45) is 0. The number of urea groups is 1. The largest absolute Gasteiger partial charge is 0.344 e. The predicted molar refractivity (Wildman–Crippen MR) is 32.7 cm³/mol. The summed E-state index contributed by atoms with van der Waals surface area (Å²) in [6.45, 7) is 0. The summed E-state index contributed by atoms with van der Waals surface area (Å²) in [5.41, 5.74) is 6.60. The van der Waals surface area contributed by atoms with E-state index in [4.69, 9.17) is 5.84 Å². The first-order chi connectivity index (χ1) is 4.16. The molecule has 0 aromatic heterocycles. The molecule has 2 amide bonds. The van der Waals surface area contributed by atoms with Gasteiger partial charge >= 0.3 is 6.03 Å². The second kappa shape index (κ2) is 4.07. The van der Waals surface area contributed by atoms with Gasteiger partial charge in [-0.3, -0.25) is 10.9 Å². The number of hydrazine groups is 3. The van der Waals surface area contributed by atoms with Gasteiger partial charge in [-0.15, -0.1) is 0 Å². The molecule has 6 nitrogen and oxygen atoms in total. The lowest BCUT2D eigenvalue weighted by Crippen LogP contribution is -2.51. The second-order valence-corrected chi connectivity index (χ2v) is 1.60. The summed E-state index contributed by atoms with van der Waals surface area (Å²) in [4.78, 5) is 10.3. The van der Waals surface area contributed by atoms with E-state index in [1.165, 1.54) is 0 Å². The normalized spacial score (nSPS) is 9.33. The van der Waals surface area contributed by atoms with E-state index < -0.39 is 6.03 Å². The third-order valence-corrected chi connectivity index (χ3v) is 0.524. The maximum absolute atomic E-state index is 10.3. The van der Waals surface area contributed by atoms with Crippen LogP contribution in [0.3, 0.4) is 0 Å². The van der Waals surface area contributed by atoms with E-state index in [-0.39, 0.29) is 0 Å². The number of nitrogens with zero attached hydrogens (tertiary/aromatic N) is 1. The Bertz CT molecular complexity index is 92.2. The van der Waals surface area contributed by atoms with Crippen molar-refractivity contribution >= 4 is 6.03 Å². The van der Waals surface area contributed by atoms with Crippen LogP contribution in [0.2, 0.25) is 0 Å². The first-order valence-electron chi connectivity index (χ1n) is 2.36. The van der Waals surface area contributed by atoms with Crippen molar-refractivity contribution in [3.05, 3.63) is 0 Å². The number of carbonyl (C=O) groups is 1. The highest BCUT2D eigenvalue weighted by Gasteiger charge is 1.92. The van der Waals surface area contributed by atoms with Gasteiger partial charge in [0.05, 0.1) is 0 Å². The highest BCUT2D eigenvalue weighted by molar-refractivity contribution is 5.72. The molecule has 0 heterocycles. The van der Waals surface area contributed by atoms with Gasteiger partial charge in [-0.2, -0.15) is 5.53 Å². The maximum atomic E-state index is 10.3. The van der Waals surface area contributed by atoms with Crippen LogP contribution in [0.5, 0.6) is 0 Å². The Morgan fingerprint density at radius 1 is 1.56 bits per heavy atom. The van der Waals surface area contributed by atoms with E-state index >= 15 is 0 Å². The van der Waals surface area contributed by atoms with Gasteiger partial charge in [-0.25, -0.2) is 15.6 Å². The molecule has 9 heavy (non-hydrogen) atoms. The molecule has 0 radical (unpaired) electrons. The monoisotopic (exact) mass is 133 g/mol. The summed E-state index contributed by atoms with van der Waals surface area (Å²) >= 11 is 0. The molecule has 0 bridgehead atoms. The molecule has 0 aliphatic rings. The number of amides is 2. The number of nitrogens with two attached hydrogens (primary N) is 1. The Morgan fingerprint density at radius 3 is 2.44 bits per heavy atom. The van der Waals surface area contributed by atoms with Crippen molar-refractivity contribution in [3.8, 4) is 0 Å². The summed E-state index contributed by atoms with van der Waals surface area (Å²) in [6, 6.07) is -0.483. The topological polar surface area (TPSA) is 82.4 Å². The quantitative estimate of drug-likeness (QED) is 0.202. The van der Waals surface area contributed by atoms with Crippen molar-refractivity contribution in [2.75, 3.05) is 14.1 Å². The minimum Gasteiger partial charge on any atom is -0.275 e. The molecule has 54 valence electrons. The SMILES string of the molecule is CN(C)NNC(=O)NN. The standard InChI is InChI=1S/C3H11N5O/c1-8(2)7-6-3(9)5-4/h7H,4H2,1-2H3,(H2,5,6,9). The molecule has 0 aromatic rings. The molecule has 0 saturated heterocycles. The molecular weight excluding hydrogens is 122 g/mol. The Kier molecular flexibility index (Phi) is 3.69. The van der Waals surface area contributed by atoms with Crippen molar-refractivity contribution in [1.29, 1.82) is 0 Å². The third-order valence-electron chi connectivity index (χ3n) is 0.524. The minimum atomic E-state index is -0.483. The first kappa shape index (κ1) is 8.15. The molecule has 0 atom stereocenters. The second-order valence-electron chi connectivity index (χ2n) is 1.60. The minimum absolute atomic E-state index is 0.483. The van der Waals surface area contributed by atoms with Crippen molar-refractivity contribution in [1.82, 2.24) is 21.4 Å². The van der Waals surface area contributed by atoms with E-state index in [2.05, 4.69) is 11.0 Å². The Balaban J connectivity index is 3.17. The fourth-order valence-electron chi connectivity index (χ4n) is 0.199. The van der Waals surface area contributed by atoms with Gasteiger partial charge in [0.25, 0.3) is 0 Å². The molecule has 6 heteroatoms. The van der Waals surface area contributed by atoms with Crippen LogP contribution >= 0.6 is 0 Å². The number of nitrogens with one attached hydrogen (secondary N) is 3. The zero-order valence-corrected chi connectivity index (χ0v) is 5.43. The number of hydrogen-bond acceptors (Lipinski definition) is 4. The third kappa shape index (κ3) is 5.01. The molecule has 0 spiro atoms. The van der Waals surface area contributed by atoms with Gasteiger partial charge in [0, 0.05) is 14.1 Å². The molecule has 0 saturated carbocycles. The van der Waals surface area contributed by atoms with Crippen LogP contribution in [-0.2, 0) is 0 Å². The van der Waals surface area contributed by atoms with E-state index in [1.54, 1.807) is 19.1 Å². The predicted octanol–water partition coefficient (Wildman–Crippen LogP) is -1.86. The van der Waals surface area contributed by atoms with E-state index in [0.717, 1.165) is 0 Å². The summed E-state index contributed by atoms with van der Waals surface area (Å²) in [7, 11) is 3.47. The lowest BCUT2D eigenvalue weighted by atomic mass is 11.1. The van der Waals surface area contributed by atoms with Crippen LogP contribution in [0.15, 0.2) is 0 Å². The van der Waals surface area contributed by atoms with Crippen LogP contribution in [0, 0.1) is 0 Å². The van der Waals surface area contributed by atoms with Gasteiger partial charge in [-0.1, -0.05) is 0 Å². The number of hydrogen-bond donors (Lipinski definition) is 4. The van der Waals surface area contributed by atoms with Gasteiger partial charge in [0.2, 0.25) is 0 Å². The molecule has 0 aliphatic carbocycles. The molecule has 0 unspecified atom stereocenters. The van der Waals surface area contributed by atoms with Crippen LogP contribution in [0.1, 0.15) is 0 Å². The zero-order valence-electron chi connectivity index (χ0n) is 5.43. The van der Waals surface area contributed by atoms with Crippen LogP contribution in [0.4, 0.5) is 4.79 Å². The van der Waals surface area contributed by atoms with Crippen molar-refractivity contribution in [2.24, 2.45) is 5.84 Å². The maximum Gasteiger partial charge on any atom is 0.344 e. The molecule has 0 aliphatic heterocycles. The van der Waals surface area contributed by atoms with E-state index in [1.807, 2.05) is 5.43 Å². The molecule has 0 rings (SSSR count). The van der Waals surface area contributed by atoms with Crippen molar-refractivity contribution < 1.29 is 4.79 Å². The van der Waals surface area contributed by atoms with Gasteiger partial charge < -0.3 is 0 Å². The first-order valence-corrected chi connectivity index (χ1v) is 2.36.